The molecule has 1 unspecified atom stereocenters. The van der Waals surface area contributed by atoms with Gasteiger partial charge < -0.3 is 19.9 Å². The molecule has 0 bridgehead atoms. The summed E-state index contributed by atoms with van der Waals surface area (Å²) in [6.45, 7) is 4.05. The molecule has 0 aliphatic heterocycles. The lowest BCUT2D eigenvalue weighted by molar-refractivity contribution is 0.251. The minimum Gasteiger partial charge on any atom is -0.493 e. The number of halogens is 1. The number of hydrogen-bond donors (Lipinski definition) is 2. The summed E-state index contributed by atoms with van der Waals surface area (Å²) < 4.78 is 11.6. The van der Waals surface area contributed by atoms with E-state index in [1.54, 1.807) is 14.2 Å². The lowest BCUT2D eigenvalue weighted by Gasteiger charge is -2.16. The van der Waals surface area contributed by atoms with Crippen LogP contribution in [0.25, 0.3) is 0 Å². The van der Waals surface area contributed by atoms with Crippen molar-refractivity contribution in [2.45, 2.75) is 26.3 Å². The molecule has 0 spiro atoms. The number of methoxy groups -OCH3 is 2. The first-order valence-electron chi connectivity index (χ1n) is 6.88. The van der Waals surface area contributed by atoms with Gasteiger partial charge in [-0.25, -0.2) is 0 Å². The number of benzene rings is 1. The fourth-order valence-electron chi connectivity index (χ4n) is 2.08. The molecule has 1 rings (SSSR count). The Morgan fingerprint density at radius 3 is 2.45 bits per heavy atom. The third kappa shape index (κ3) is 4.96. The Balaban J connectivity index is 2.63. The maximum absolute atomic E-state index is 8.99. The molecule has 0 fully saturated rings. The highest BCUT2D eigenvalue weighted by molar-refractivity contribution is 9.10. The molecule has 0 amide bonds. The van der Waals surface area contributed by atoms with E-state index in [0.717, 1.165) is 47.5 Å². The topological polar surface area (TPSA) is 50.7 Å². The minimum absolute atomic E-state index is 0.250. The average Bonchev–Trinajstić information content (AvgIpc) is 2.47. The van der Waals surface area contributed by atoms with Crippen LogP contribution in [0.5, 0.6) is 11.5 Å². The maximum atomic E-state index is 8.99. The van der Waals surface area contributed by atoms with Gasteiger partial charge in [-0.3, -0.25) is 0 Å². The fraction of sp³-hybridized carbons (Fsp3) is 0.600. The molecule has 1 aromatic rings. The molecular weight excluding hydrogens is 322 g/mol. The summed E-state index contributed by atoms with van der Waals surface area (Å²) in [5.41, 5.74) is 1.13. The smallest absolute Gasteiger partial charge is 0.161 e. The molecule has 4 nitrogen and oxygen atoms in total. The number of rotatable bonds is 9. The SMILES string of the molecule is CCC(CCO)CNCc1cc(OC)c(OC)cc1Br. The highest BCUT2D eigenvalue weighted by Gasteiger charge is 2.10. The van der Waals surface area contributed by atoms with Gasteiger partial charge in [-0.1, -0.05) is 29.3 Å². The van der Waals surface area contributed by atoms with Gasteiger partial charge in [0.2, 0.25) is 0 Å². The summed E-state index contributed by atoms with van der Waals surface area (Å²) in [5, 5.41) is 12.4. The van der Waals surface area contributed by atoms with Crippen molar-refractivity contribution in [1.29, 1.82) is 0 Å². The summed E-state index contributed by atoms with van der Waals surface area (Å²) in [5.74, 6) is 1.96. The Bertz CT molecular complexity index is 412. The second-order valence-electron chi connectivity index (χ2n) is 4.72. The Hall–Kier alpha value is -0.780. The molecule has 20 heavy (non-hydrogen) atoms. The number of hydrogen-bond acceptors (Lipinski definition) is 4. The Morgan fingerprint density at radius 1 is 1.25 bits per heavy atom. The molecule has 1 atom stereocenters. The first-order chi connectivity index (χ1) is 9.65. The molecule has 0 radical (unpaired) electrons. The standard InChI is InChI=1S/C15H24BrNO3/c1-4-11(5-6-18)9-17-10-12-7-14(19-2)15(20-3)8-13(12)16/h7-8,11,17-18H,4-6,9-10H2,1-3H3. The Labute approximate surface area is 129 Å². The van der Waals surface area contributed by atoms with E-state index < -0.39 is 0 Å². The van der Waals surface area contributed by atoms with Crippen LogP contribution in [-0.4, -0.2) is 32.5 Å². The van der Waals surface area contributed by atoms with Gasteiger partial charge in [0.1, 0.15) is 0 Å². The van der Waals surface area contributed by atoms with Crippen LogP contribution in [0, 0.1) is 5.92 Å². The van der Waals surface area contributed by atoms with Gasteiger partial charge in [0.25, 0.3) is 0 Å². The summed E-state index contributed by atoms with van der Waals surface area (Å²) in [7, 11) is 3.26. The molecule has 0 aliphatic carbocycles. The van der Waals surface area contributed by atoms with Crippen molar-refractivity contribution in [2.24, 2.45) is 5.92 Å². The number of ether oxygens (including phenoxy) is 2. The third-order valence-electron chi connectivity index (χ3n) is 3.42. The second-order valence-corrected chi connectivity index (χ2v) is 5.57. The van der Waals surface area contributed by atoms with E-state index >= 15 is 0 Å². The van der Waals surface area contributed by atoms with Crippen molar-refractivity contribution in [1.82, 2.24) is 5.32 Å². The van der Waals surface area contributed by atoms with E-state index in [9.17, 15) is 0 Å². The Morgan fingerprint density at radius 2 is 1.90 bits per heavy atom. The summed E-state index contributed by atoms with van der Waals surface area (Å²) >= 11 is 3.55. The normalized spacial score (nSPS) is 12.2. The van der Waals surface area contributed by atoms with E-state index in [0.29, 0.717) is 5.92 Å². The predicted octanol–water partition coefficient (Wildman–Crippen LogP) is 2.96. The van der Waals surface area contributed by atoms with E-state index in [1.807, 2.05) is 12.1 Å². The van der Waals surface area contributed by atoms with Crippen molar-refractivity contribution in [3.8, 4) is 11.5 Å². The van der Waals surface area contributed by atoms with Crippen molar-refractivity contribution in [3.05, 3.63) is 22.2 Å². The van der Waals surface area contributed by atoms with Crippen LogP contribution >= 0.6 is 15.9 Å². The van der Waals surface area contributed by atoms with E-state index in [-0.39, 0.29) is 6.61 Å². The molecule has 5 heteroatoms. The zero-order valence-electron chi connectivity index (χ0n) is 12.4. The summed E-state index contributed by atoms with van der Waals surface area (Å²) in [6, 6.07) is 3.89. The van der Waals surface area contributed by atoms with E-state index in [4.69, 9.17) is 14.6 Å². The minimum atomic E-state index is 0.250. The molecule has 0 saturated carbocycles. The molecule has 114 valence electrons. The molecule has 0 saturated heterocycles. The van der Waals surface area contributed by atoms with Crippen LogP contribution in [0.4, 0.5) is 0 Å². The van der Waals surface area contributed by atoms with E-state index in [1.165, 1.54) is 0 Å². The molecule has 1 aromatic carbocycles. The number of aliphatic hydroxyl groups is 1. The number of aliphatic hydroxyl groups excluding tert-OH is 1. The maximum Gasteiger partial charge on any atom is 0.161 e. The monoisotopic (exact) mass is 345 g/mol. The van der Waals surface area contributed by atoms with Gasteiger partial charge in [0.15, 0.2) is 11.5 Å². The fourth-order valence-corrected chi connectivity index (χ4v) is 2.54. The van der Waals surface area contributed by atoms with Crippen molar-refractivity contribution >= 4 is 15.9 Å². The Kier molecular flexibility index (Phi) is 7.95. The first-order valence-corrected chi connectivity index (χ1v) is 7.67. The molecule has 2 N–H and O–H groups in total. The van der Waals surface area contributed by atoms with Gasteiger partial charge in [-0.05, 0) is 36.6 Å². The highest BCUT2D eigenvalue weighted by Crippen LogP contribution is 2.33. The van der Waals surface area contributed by atoms with Crippen molar-refractivity contribution in [2.75, 3.05) is 27.4 Å². The second kappa shape index (κ2) is 9.21. The van der Waals surface area contributed by atoms with Gasteiger partial charge >= 0.3 is 0 Å². The zero-order chi connectivity index (χ0) is 15.0. The summed E-state index contributed by atoms with van der Waals surface area (Å²) in [6.07, 6.45) is 1.91. The van der Waals surface area contributed by atoms with Gasteiger partial charge in [0, 0.05) is 17.6 Å². The van der Waals surface area contributed by atoms with Crippen LogP contribution in [-0.2, 0) is 6.54 Å². The van der Waals surface area contributed by atoms with Crippen LogP contribution in [0.1, 0.15) is 25.3 Å². The van der Waals surface area contributed by atoms with Crippen LogP contribution in [0.15, 0.2) is 16.6 Å². The zero-order valence-corrected chi connectivity index (χ0v) is 14.0. The van der Waals surface area contributed by atoms with Gasteiger partial charge in [-0.15, -0.1) is 0 Å². The van der Waals surface area contributed by atoms with Crippen LogP contribution in [0.3, 0.4) is 0 Å². The third-order valence-corrected chi connectivity index (χ3v) is 4.15. The quantitative estimate of drug-likeness (QED) is 0.722. The lowest BCUT2D eigenvalue weighted by Crippen LogP contribution is -2.23. The lowest BCUT2D eigenvalue weighted by atomic mass is 10.0. The van der Waals surface area contributed by atoms with Crippen LogP contribution in [0.2, 0.25) is 0 Å². The largest absolute Gasteiger partial charge is 0.493 e. The van der Waals surface area contributed by atoms with E-state index in [2.05, 4.69) is 28.2 Å². The predicted molar refractivity (Wildman–Crippen MR) is 84.4 cm³/mol. The van der Waals surface area contributed by atoms with Gasteiger partial charge in [-0.2, -0.15) is 0 Å². The number of nitrogens with one attached hydrogen (secondary N) is 1. The van der Waals surface area contributed by atoms with Crippen LogP contribution < -0.4 is 14.8 Å². The summed E-state index contributed by atoms with van der Waals surface area (Å²) in [4.78, 5) is 0. The van der Waals surface area contributed by atoms with Crippen molar-refractivity contribution < 1.29 is 14.6 Å². The first kappa shape index (κ1) is 17.3. The molecule has 0 aromatic heterocycles. The molecular formula is C15H24BrNO3. The van der Waals surface area contributed by atoms with Gasteiger partial charge in [0.05, 0.1) is 14.2 Å². The molecule has 0 aliphatic rings. The van der Waals surface area contributed by atoms with Crippen molar-refractivity contribution in [3.63, 3.8) is 0 Å². The highest BCUT2D eigenvalue weighted by atomic mass is 79.9. The molecule has 0 heterocycles. The average molecular weight is 346 g/mol.